The molecule has 0 fully saturated rings. The predicted octanol–water partition coefficient (Wildman–Crippen LogP) is 5.16. The SMILES string of the molecule is C=C(C1=CN(C)C(C=O)c2c1ccn2-c1ccc(C)cc1)c1ccc(F)cc1. The number of allylic oxidation sites excluding steroid dienone is 2. The highest BCUT2D eigenvalue weighted by atomic mass is 19.1. The Morgan fingerprint density at radius 1 is 1.07 bits per heavy atom. The van der Waals surface area contributed by atoms with Gasteiger partial charge in [0.15, 0.2) is 0 Å². The monoisotopic (exact) mass is 372 g/mol. The van der Waals surface area contributed by atoms with E-state index in [2.05, 4.69) is 23.3 Å². The molecule has 1 atom stereocenters. The fourth-order valence-corrected chi connectivity index (χ4v) is 3.66. The van der Waals surface area contributed by atoms with Crippen LogP contribution in [0.1, 0.15) is 28.4 Å². The zero-order chi connectivity index (χ0) is 19.8. The Labute approximate surface area is 164 Å². The molecular formula is C24H21FN2O. The number of hydrogen-bond acceptors (Lipinski definition) is 2. The smallest absolute Gasteiger partial charge is 0.148 e. The minimum Gasteiger partial charge on any atom is -0.365 e. The van der Waals surface area contributed by atoms with E-state index in [0.29, 0.717) is 0 Å². The number of nitrogens with zero attached hydrogens (tertiary/aromatic N) is 2. The molecule has 4 heteroatoms. The fourth-order valence-electron chi connectivity index (χ4n) is 3.66. The van der Waals surface area contributed by atoms with Gasteiger partial charge in [-0.1, -0.05) is 36.4 Å². The summed E-state index contributed by atoms with van der Waals surface area (Å²) in [4.78, 5) is 13.8. The van der Waals surface area contributed by atoms with Gasteiger partial charge in [0.2, 0.25) is 0 Å². The van der Waals surface area contributed by atoms with Crippen LogP contribution >= 0.6 is 0 Å². The highest BCUT2D eigenvalue weighted by Gasteiger charge is 2.30. The maximum atomic E-state index is 13.3. The summed E-state index contributed by atoms with van der Waals surface area (Å²) in [6.45, 7) is 6.29. The average molecular weight is 372 g/mol. The Kier molecular flexibility index (Phi) is 4.47. The topological polar surface area (TPSA) is 25.2 Å². The zero-order valence-corrected chi connectivity index (χ0v) is 15.9. The van der Waals surface area contributed by atoms with Crippen molar-refractivity contribution >= 4 is 17.4 Å². The lowest BCUT2D eigenvalue weighted by molar-refractivity contribution is -0.111. The van der Waals surface area contributed by atoms with Crippen LogP contribution in [0.5, 0.6) is 0 Å². The lowest BCUT2D eigenvalue weighted by Crippen LogP contribution is -2.27. The first-order chi connectivity index (χ1) is 13.5. The summed E-state index contributed by atoms with van der Waals surface area (Å²) < 4.78 is 15.4. The first-order valence-corrected chi connectivity index (χ1v) is 9.12. The van der Waals surface area contributed by atoms with E-state index in [1.54, 1.807) is 12.1 Å². The number of hydrogen-bond donors (Lipinski definition) is 0. The summed E-state index contributed by atoms with van der Waals surface area (Å²) >= 11 is 0. The van der Waals surface area contributed by atoms with Gasteiger partial charge in [-0.3, -0.25) is 0 Å². The molecule has 3 aromatic rings. The predicted molar refractivity (Wildman–Crippen MR) is 110 cm³/mol. The molecule has 4 rings (SSSR count). The van der Waals surface area contributed by atoms with Crippen molar-refractivity contribution in [3.63, 3.8) is 0 Å². The van der Waals surface area contributed by atoms with E-state index in [-0.39, 0.29) is 5.82 Å². The summed E-state index contributed by atoms with van der Waals surface area (Å²) in [5.41, 5.74) is 6.61. The molecule has 1 aliphatic rings. The molecule has 0 amide bonds. The van der Waals surface area contributed by atoms with Crippen LogP contribution in [-0.4, -0.2) is 22.8 Å². The average Bonchev–Trinajstić information content (AvgIpc) is 3.13. The molecule has 1 unspecified atom stereocenters. The number of aromatic nitrogens is 1. The normalized spacial score (nSPS) is 15.8. The van der Waals surface area contributed by atoms with Crippen molar-refractivity contribution in [1.29, 1.82) is 0 Å². The van der Waals surface area contributed by atoms with E-state index >= 15 is 0 Å². The second-order valence-electron chi connectivity index (χ2n) is 7.09. The summed E-state index contributed by atoms with van der Waals surface area (Å²) in [6, 6.07) is 16.1. The van der Waals surface area contributed by atoms with Crippen LogP contribution in [0, 0.1) is 12.7 Å². The van der Waals surface area contributed by atoms with Crippen molar-refractivity contribution in [3.05, 3.63) is 102 Å². The highest BCUT2D eigenvalue weighted by Crippen LogP contribution is 2.41. The third-order valence-corrected chi connectivity index (χ3v) is 5.23. The first-order valence-electron chi connectivity index (χ1n) is 9.12. The second kappa shape index (κ2) is 6.97. The van der Waals surface area contributed by atoms with Gasteiger partial charge in [-0.2, -0.15) is 0 Å². The van der Waals surface area contributed by atoms with Gasteiger partial charge in [0.1, 0.15) is 18.1 Å². The molecule has 2 heterocycles. The van der Waals surface area contributed by atoms with Crippen LogP contribution in [0.15, 0.2) is 73.6 Å². The van der Waals surface area contributed by atoms with Gasteiger partial charge in [0.05, 0.1) is 5.69 Å². The number of benzene rings is 2. The molecule has 0 radical (unpaired) electrons. The quantitative estimate of drug-likeness (QED) is 0.591. The number of aldehydes is 1. The number of carbonyl (C=O) groups is 1. The molecule has 0 bridgehead atoms. The fraction of sp³-hybridized carbons (Fsp3) is 0.125. The maximum Gasteiger partial charge on any atom is 0.148 e. The highest BCUT2D eigenvalue weighted by molar-refractivity contribution is 6.05. The molecule has 3 nitrogen and oxygen atoms in total. The van der Waals surface area contributed by atoms with E-state index in [4.69, 9.17) is 0 Å². The molecular weight excluding hydrogens is 351 g/mol. The van der Waals surface area contributed by atoms with Gasteiger partial charge in [0.25, 0.3) is 0 Å². The van der Waals surface area contributed by atoms with Crippen LogP contribution in [0.3, 0.4) is 0 Å². The van der Waals surface area contributed by atoms with Gasteiger partial charge in [-0.15, -0.1) is 0 Å². The van der Waals surface area contributed by atoms with Gasteiger partial charge >= 0.3 is 0 Å². The van der Waals surface area contributed by atoms with E-state index in [0.717, 1.165) is 39.9 Å². The Hall–Kier alpha value is -3.40. The standard InChI is InChI=1S/C24H21FN2O/c1-16-4-10-20(11-5-16)27-13-12-21-22(14-26(3)23(15-28)24(21)27)17(2)18-6-8-19(25)9-7-18/h4-15,23H,2H2,1,3H3. The lowest BCUT2D eigenvalue weighted by atomic mass is 9.90. The number of halogens is 1. The number of fused-ring (bicyclic) bond motifs is 1. The Balaban J connectivity index is 1.84. The van der Waals surface area contributed by atoms with Crippen molar-refractivity contribution in [1.82, 2.24) is 9.47 Å². The Morgan fingerprint density at radius 3 is 2.39 bits per heavy atom. The van der Waals surface area contributed by atoms with Gasteiger partial charge in [-0.05, 0) is 48.4 Å². The van der Waals surface area contributed by atoms with E-state index in [1.165, 1.54) is 17.7 Å². The molecule has 1 aliphatic heterocycles. The molecule has 2 aromatic carbocycles. The molecule has 140 valence electrons. The van der Waals surface area contributed by atoms with Crippen LogP contribution < -0.4 is 0 Å². The van der Waals surface area contributed by atoms with Crippen molar-refractivity contribution in [2.45, 2.75) is 13.0 Å². The van der Waals surface area contributed by atoms with Crippen molar-refractivity contribution in [2.24, 2.45) is 0 Å². The number of carbonyl (C=O) groups excluding carboxylic acids is 1. The molecule has 0 N–H and O–H groups in total. The lowest BCUT2D eigenvalue weighted by Gasteiger charge is -2.31. The molecule has 0 spiro atoms. The minimum atomic E-state index is -0.393. The van der Waals surface area contributed by atoms with E-state index < -0.39 is 6.04 Å². The van der Waals surface area contributed by atoms with Crippen molar-refractivity contribution < 1.29 is 9.18 Å². The van der Waals surface area contributed by atoms with Crippen molar-refractivity contribution in [3.8, 4) is 5.69 Å². The molecule has 1 aromatic heterocycles. The molecule has 0 saturated carbocycles. The minimum absolute atomic E-state index is 0.279. The van der Waals surface area contributed by atoms with Gasteiger partial charge < -0.3 is 14.3 Å². The second-order valence-corrected chi connectivity index (χ2v) is 7.09. The van der Waals surface area contributed by atoms with Crippen molar-refractivity contribution in [2.75, 3.05) is 7.05 Å². The van der Waals surface area contributed by atoms with Gasteiger partial charge in [-0.25, -0.2) is 4.39 Å². The zero-order valence-electron chi connectivity index (χ0n) is 15.9. The van der Waals surface area contributed by atoms with E-state index in [1.807, 2.05) is 49.5 Å². The third kappa shape index (κ3) is 2.97. The maximum absolute atomic E-state index is 13.3. The molecule has 28 heavy (non-hydrogen) atoms. The summed E-state index contributed by atoms with van der Waals surface area (Å²) in [7, 11) is 1.88. The van der Waals surface area contributed by atoms with Crippen LogP contribution in [0.25, 0.3) is 16.8 Å². The number of rotatable bonds is 4. The number of aryl methyl sites for hydroxylation is 1. The number of likely N-dealkylation sites (N-methyl/N-ethyl adjacent to an activating group) is 1. The van der Waals surface area contributed by atoms with Crippen LogP contribution in [0.4, 0.5) is 4.39 Å². The van der Waals surface area contributed by atoms with Crippen LogP contribution in [-0.2, 0) is 4.79 Å². The van der Waals surface area contributed by atoms with Gasteiger partial charge in [0, 0.05) is 36.3 Å². The first kappa shape index (κ1) is 18.0. The van der Waals surface area contributed by atoms with E-state index in [9.17, 15) is 9.18 Å². The summed E-state index contributed by atoms with van der Waals surface area (Å²) in [5, 5.41) is 0. The molecule has 0 aliphatic carbocycles. The third-order valence-electron chi connectivity index (χ3n) is 5.23. The van der Waals surface area contributed by atoms with Crippen LogP contribution in [0.2, 0.25) is 0 Å². The summed E-state index contributed by atoms with van der Waals surface area (Å²) in [6.07, 6.45) is 4.88. The molecule has 0 saturated heterocycles. The summed E-state index contributed by atoms with van der Waals surface area (Å²) in [5.74, 6) is -0.279. The largest absolute Gasteiger partial charge is 0.365 e. The Bertz CT molecular complexity index is 1070. The Morgan fingerprint density at radius 2 is 1.75 bits per heavy atom.